The molecule has 2 aliphatic rings. The van der Waals surface area contributed by atoms with Crippen molar-refractivity contribution in [1.82, 2.24) is 15.2 Å². The van der Waals surface area contributed by atoms with Crippen molar-refractivity contribution in [3.05, 3.63) is 11.6 Å². The van der Waals surface area contributed by atoms with Crippen LogP contribution in [0.1, 0.15) is 57.5 Å². The summed E-state index contributed by atoms with van der Waals surface area (Å²) < 4.78 is 5.87. The molecule has 0 aromatic carbocycles. The highest BCUT2D eigenvalue weighted by Crippen LogP contribution is 2.41. The van der Waals surface area contributed by atoms with Gasteiger partial charge in [-0.25, -0.2) is 4.98 Å². The predicted molar refractivity (Wildman–Crippen MR) is 94.3 cm³/mol. The van der Waals surface area contributed by atoms with E-state index in [0.717, 1.165) is 45.4 Å². The average molecular weight is 345 g/mol. The number of hydrogen-bond donors (Lipinski definition) is 1. The van der Waals surface area contributed by atoms with E-state index >= 15 is 0 Å². The summed E-state index contributed by atoms with van der Waals surface area (Å²) in [7, 11) is 0. The van der Waals surface area contributed by atoms with Crippen LogP contribution in [-0.4, -0.2) is 54.1 Å². The SMILES string of the molecule is CCC(C)NC(=O)C(C)N1CCN(c2oc(C3CC3)nc2C#N)CC1. The molecule has 0 radical (unpaired) electrons. The highest BCUT2D eigenvalue weighted by Gasteiger charge is 2.33. The number of aromatic nitrogens is 1. The fourth-order valence-electron chi connectivity index (χ4n) is 3.06. The molecule has 1 saturated heterocycles. The van der Waals surface area contributed by atoms with E-state index in [0.29, 0.717) is 23.4 Å². The van der Waals surface area contributed by atoms with Crippen molar-refractivity contribution < 1.29 is 9.21 Å². The van der Waals surface area contributed by atoms with Gasteiger partial charge in [-0.15, -0.1) is 0 Å². The Morgan fingerprint density at radius 3 is 2.60 bits per heavy atom. The number of anilines is 1. The third-order valence-corrected chi connectivity index (χ3v) is 5.19. The molecule has 7 heteroatoms. The Balaban J connectivity index is 1.58. The van der Waals surface area contributed by atoms with Crippen LogP contribution in [0, 0.1) is 11.3 Å². The number of nitriles is 1. The third-order valence-electron chi connectivity index (χ3n) is 5.19. The molecule has 1 aromatic heterocycles. The maximum atomic E-state index is 12.3. The molecule has 0 bridgehead atoms. The quantitative estimate of drug-likeness (QED) is 0.847. The zero-order chi connectivity index (χ0) is 18.0. The Morgan fingerprint density at radius 1 is 1.36 bits per heavy atom. The molecule has 1 aromatic rings. The Hall–Kier alpha value is -2.07. The van der Waals surface area contributed by atoms with E-state index in [1.807, 2.05) is 13.8 Å². The maximum Gasteiger partial charge on any atom is 0.237 e. The summed E-state index contributed by atoms with van der Waals surface area (Å²) in [5.74, 6) is 1.78. The van der Waals surface area contributed by atoms with Crippen molar-refractivity contribution in [3.63, 3.8) is 0 Å². The van der Waals surface area contributed by atoms with Crippen LogP contribution in [0.3, 0.4) is 0 Å². The van der Waals surface area contributed by atoms with Gasteiger partial charge in [0, 0.05) is 38.1 Å². The van der Waals surface area contributed by atoms with Crippen molar-refractivity contribution >= 4 is 11.8 Å². The number of hydrogen-bond acceptors (Lipinski definition) is 6. The van der Waals surface area contributed by atoms with E-state index in [4.69, 9.17) is 4.42 Å². The van der Waals surface area contributed by atoms with Crippen LogP contribution < -0.4 is 10.2 Å². The number of nitrogens with zero attached hydrogens (tertiary/aromatic N) is 4. The van der Waals surface area contributed by atoms with Crippen molar-refractivity contribution in [2.75, 3.05) is 31.1 Å². The Labute approximate surface area is 149 Å². The largest absolute Gasteiger partial charge is 0.423 e. The monoisotopic (exact) mass is 345 g/mol. The van der Waals surface area contributed by atoms with Gasteiger partial charge in [0.15, 0.2) is 0 Å². The number of piperazine rings is 1. The van der Waals surface area contributed by atoms with E-state index < -0.39 is 0 Å². The molecule has 1 aliphatic carbocycles. The number of nitrogens with one attached hydrogen (secondary N) is 1. The van der Waals surface area contributed by atoms with Gasteiger partial charge in [0.2, 0.25) is 23.4 Å². The average Bonchev–Trinajstić information content (AvgIpc) is 3.40. The first-order valence-corrected chi connectivity index (χ1v) is 9.23. The number of rotatable bonds is 6. The Morgan fingerprint density at radius 2 is 2.04 bits per heavy atom. The molecular weight excluding hydrogens is 318 g/mol. The van der Waals surface area contributed by atoms with E-state index in [9.17, 15) is 10.1 Å². The second kappa shape index (κ2) is 7.44. The lowest BCUT2D eigenvalue weighted by Crippen LogP contribution is -2.54. The van der Waals surface area contributed by atoms with Crippen LogP contribution in [0.4, 0.5) is 5.88 Å². The van der Waals surface area contributed by atoms with Gasteiger partial charge in [0.1, 0.15) is 6.07 Å². The van der Waals surface area contributed by atoms with Crippen molar-refractivity contribution in [1.29, 1.82) is 5.26 Å². The Kier molecular flexibility index (Phi) is 5.28. The van der Waals surface area contributed by atoms with Crippen molar-refractivity contribution in [2.45, 2.75) is 58.0 Å². The van der Waals surface area contributed by atoms with Gasteiger partial charge in [-0.1, -0.05) is 6.92 Å². The molecule has 0 spiro atoms. The fourth-order valence-corrected chi connectivity index (χ4v) is 3.06. The van der Waals surface area contributed by atoms with Gasteiger partial charge in [0.25, 0.3) is 0 Å². The number of carbonyl (C=O) groups is 1. The molecule has 1 saturated carbocycles. The maximum absolute atomic E-state index is 12.3. The molecule has 3 rings (SSSR count). The summed E-state index contributed by atoms with van der Waals surface area (Å²) in [5, 5.41) is 12.4. The minimum absolute atomic E-state index is 0.0798. The first-order valence-electron chi connectivity index (χ1n) is 9.23. The van der Waals surface area contributed by atoms with Crippen LogP contribution >= 0.6 is 0 Å². The van der Waals surface area contributed by atoms with E-state index in [-0.39, 0.29) is 18.0 Å². The standard InChI is InChI=1S/C18H27N5O2/c1-4-12(2)20-16(24)13(3)22-7-9-23(10-8-22)18-15(11-19)21-17(25-18)14-5-6-14/h12-14H,4-10H2,1-3H3,(H,20,24). The van der Waals surface area contributed by atoms with Crippen LogP contribution in [0.2, 0.25) is 0 Å². The summed E-state index contributed by atoms with van der Waals surface area (Å²) in [5.41, 5.74) is 0.387. The van der Waals surface area contributed by atoms with E-state index in [1.165, 1.54) is 0 Å². The first-order chi connectivity index (χ1) is 12.0. The normalized spacial score (nSPS) is 20.8. The van der Waals surface area contributed by atoms with Crippen LogP contribution in [0.15, 0.2) is 4.42 Å². The molecule has 2 atom stereocenters. The topological polar surface area (TPSA) is 85.4 Å². The fraction of sp³-hybridized carbons (Fsp3) is 0.722. The lowest BCUT2D eigenvalue weighted by atomic mass is 10.2. The minimum atomic E-state index is -0.150. The second-order valence-corrected chi connectivity index (χ2v) is 7.11. The molecule has 1 N–H and O–H groups in total. The van der Waals surface area contributed by atoms with Gasteiger partial charge in [-0.05, 0) is 33.1 Å². The minimum Gasteiger partial charge on any atom is -0.423 e. The molecule has 2 unspecified atom stereocenters. The smallest absolute Gasteiger partial charge is 0.237 e. The molecule has 1 aliphatic heterocycles. The lowest BCUT2D eigenvalue weighted by molar-refractivity contribution is -0.126. The number of carbonyl (C=O) groups excluding carboxylic acids is 1. The van der Waals surface area contributed by atoms with Gasteiger partial charge in [-0.2, -0.15) is 5.26 Å². The molecular formula is C18H27N5O2. The number of amides is 1. The predicted octanol–water partition coefficient (Wildman–Crippen LogP) is 1.85. The highest BCUT2D eigenvalue weighted by molar-refractivity contribution is 5.81. The second-order valence-electron chi connectivity index (χ2n) is 7.11. The van der Waals surface area contributed by atoms with E-state index in [2.05, 4.69) is 33.1 Å². The van der Waals surface area contributed by atoms with Crippen LogP contribution in [0.5, 0.6) is 0 Å². The van der Waals surface area contributed by atoms with Gasteiger partial charge in [-0.3, -0.25) is 9.69 Å². The zero-order valence-electron chi connectivity index (χ0n) is 15.3. The molecule has 1 amide bonds. The summed E-state index contributed by atoms with van der Waals surface area (Å²) in [6, 6.07) is 2.20. The van der Waals surface area contributed by atoms with Gasteiger partial charge < -0.3 is 14.6 Å². The van der Waals surface area contributed by atoms with Crippen LogP contribution in [0.25, 0.3) is 0 Å². The highest BCUT2D eigenvalue weighted by atomic mass is 16.4. The molecule has 2 heterocycles. The van der Waals surface area contributed by atoms with Gasteiger partial charge in [0.05, 0.1) is 6.04 Å². The summed E-state index contributed by atoms with van der Waals surface area (Å²) in [6.07, 6.45) is 3.13. The van der Waals surface area contributed by atoms with Crippen molar-refractivity contribution in [2.24, 2.45) is 0 Å². The zero-order valence-corrected chi connectivity index (χ0v) is 15.3. The summed E-state index contributed by atoms with van der Waals surface area (Å²) in [6.45, 7) is 9.03. The summed E-state index contributed by atoms with van der Waals surface area (Å²) >= 11 is 0. The van der Waals surface area contributed by atoms with Crippen molar-refractivity contribution in [3.8, 4) is 6.07 Å². The molecule has 136 valence electrons. The van der Waals surface area contributed by atoms with E-state index in [1.54, 1.807) is 0 Å². The molecule has 2 fully saturated rings. The first kappa shape index (κ1) is 17.7. The Bertz CT molecular complexity index is 653. The molecule has 7 nitrogen and oxygen atoms in total. The molecule has 25 heavy (non-hydrogen) atoms. The third kappa shape index (κ3) is 3.96. The van der Waals surface area contributed by atoms with Gasteiger partial charge >= 0.3 is 0 Å². The summed E-state index contributed by atoms with van der Waals surface area (Å²) in [4.78, 5) is 20.9. The number of oxazole rings is 1. The lowest BCUT2D eigenvalue weighted by Gasteiger charge is -2.37. The van der Waals surface area contributed by atoms with Crippen LogP contribution in [-0.2, 0) is 4.79 Å².